The summed E-state index contributed by atoms with van der Waals surface area (Å²) in [7, 11) is 3.16. The predicted molar refractivity (Wildman–Crippen MR) is 158 cm³/mol. The maximum atomic E-state index is 11.8. The number of carbonyl (C=O) groups excluding carboxylic acids is 1. The van der Waals surface area contributed by atoms with Crippen LogP contribution in [0.3, 0.4) is 0 Å². The number of esters is 1. The Morgan fingerprint density at radius 3 is 2.30 bits per heavy atom. The highest BCUT2D eigenvalue weighted by Gasteiger charge is 2.44. The van der Waals surface area contributed by atoms with Crippen molar-refractivity contribution in [3.63, 3.8) is 0 Å². The Bertz CT molecular complexity index is 1360. The van der Waals surface area contributed by atoms with Crippen LogP contribution in [0, 0.1) is 19.8 Å². The number of methoxy groups -OCH3 is 2. The molecule has 2 aliphatic rings. The van der Waals surface area contributed by atoms with Crippen molar-refractivity contribution < 1.29 is 23.7 Å². The van der Waals surface area contributed by atoms with Gasteiger partial charge in [0, 0.05) is 7.11 Å². The van der Waals surface area contributed by atoms with Gasteiger partial charge in [0.15, 0.2) is 0 Å². The molecular formula is C35H42O5. The van der Waals surface area contributed by atoms with Gasteiger partial charge < -0.3 is 18.9 Å². The topological polar surface area (TPSA) is 54.0 Å². The Kier molecular flexibility index (Phi) is 7.96. The van der Waals surface area contributed by atoms with Gasteiger partial charge in [0.2, 0.25) is 0 Å². The van der Waals surface area contributed by atoms with Gasteiger partial charge in [0.25, 0.3) is 0 Å². The Hall–Kier alpha value is -3.31. The molecule has 0 heterocycles. The monoisotopic (exact) mass is 542 g/mol. The van der Waals surface area contributed by atoms with Crippen LogP contribution in [-0.4, -0.2) is 32.4 Å². The van der Waals surface area contributed by atoms with Gasteiger partial charge in [-0.25, -0.2) is 0 Å². The van der Waals surface area contributed by atoms with E-state index in [9.17, 15) is 4.79 Å². The van der Waals surface area contributed by atoms with Gasteiger partial charge in [-0.3, -0.25) is 4.79 Å². The molecule has 5 heteroatoms. The minimum Gasteiger partial charge on any atom is -0.486 e. The average molecular weight is 543 g/mol. The summed E-state index contributed by atoms with van der Waals surface area (Å²) in [6, 6.07) is 17.2. The van der Waals surface area contributed by atoms with E-state index in [0.717, 1.165) is 37.2 Å². The zero-order valence-corrected chi connectivity index (χ0v) is 24.9. The van der Waals surface area contributed by atoms with E-state index >= 15 is 0 Å². The van der Waals surface area contributed by atoms with E-state index in [0.29, 0.717) is 6.61 Å². The number of hydrogen-bond donors (Lipinski definition) is 0. The molecule has 0 spiro atoms. The van der Waals surface area contributed by atoms with Gasteiger partial charge in [-0.05, 0) is 128 Å². The summed E-state index contributed by atoms with van der Waals surface area (Å²) in [5.41, 5.74) is 9.88. The summed E-state index contributed by atoms with van der Waals surface area (Å²) >= 11 is 0. The van der Waals surface area contributed by atoms with E-state index in [1.807, 2.05) is 26.0 Å². The van der Waals surface area contributed by atoms with Crippen molar-refractivity contribution in [3.05, 3.63) is 81.9 Å². The highest BCUT2D eigenvalue weighted by molar-refractivity contribution is 5.78. The Labute approximate surface area is 238 Å². The molecule has 0 N–H and O–H groups in total. The van der Waals surface area contributed by atoms with Crippen molar-refractivity contribution in [1.29, 1.82) is 0 Å². The molecule has 5 nitrogen and oxygen atoms in total. The average Bonchev–Trinajstić information content (AvgIpc) is 3.61. The van der Waals surface area contributed by atoms with Crippen LogP contribution in [-0.2, 0) is 27.1 Å². The maximum Gasteiger partial charge on any atom is 0.309 e. The predicted octanol–water partition coefficient (Wildman–Crippen LogP) is 7.68. The second-order valence-corrected chi connectivity index (χ2v) is 11.9. The number of fused-ring (bicyclic) bond motifs is 1. The normalized spacial score (nSPS) is 19.7. The van der Waals surface area contributed by atoms with E-state index < -0.39 is 5.60 Å². The molecule has 0 aromatic heterocycles. The summed E-state index contributed by atoms with van der Waals surface area (Å²) in [4.78, 5) is 11.8. The van der Waals surface area contributed by atoms with Crippen molar-refractivity contribution in [2.75, 3.05) is 20.8 Å². The second-order valence-electron chi connectivity index (χ2n) is 11.9. The largest absolute Gasteiger partial charge is 0.486 e. The van der Waals surface area contributed by atoms with Gasteiger partial charge in [-0.15, -0.1) is 0 Å². The molecule has 3 aromatic rings. The molecule has 1 fully saturated rings. The summed E-state index contributed by atoms with van der Waals surface area (Å²) < 4.78 is 23.2. The third-order valence-corrected chi connectivity index (χ3v) is 8.35. The van der Waals surface area contributed by atoms with Crippen molar-refractivity contribution >= 4 is 5.97 Å². The van der Waals surface area contributed by atoms with Crippen LogP contribution in [0.15, 0.2) is 48.5 Å². The molecule has 3 unspecified atom stereocenters. The zero-order valence-electron chi connectivity index (χ0n) is 24.9. The molecule has 0 bridgehead atoms. The molecule has 40 heavy (non-hydrogen) atoms. The summed E-state index contributed by atoms with van der Waals surface area (Å²) in [6.45, 7) is 11.2. The molecule has 0 amide bonds. The van der Waals surface area contributed by atoms with Crippen molar-refractivity contribution in [3.8, 4) is 22.6 Å². The van der Waals surface area contributed by atoms with Gasteiger partial charge in [-0.1, -0.05) is 31.2 Å². The highest BCUT2D eigenvalue weighted by Crippen LogP contribution is 2.49. The Morgan fingerprint density at radius 1 is 0.975 bits per heavy atom. The van der Waals surface area contributed by atoms with Crippen LogP contribution in [0.2, 0.25) is 0 Å². The molecule has 0 aliphatic heterocycles. The van der Waals surface area contributed by atoms with Gasteiger partial charge >= 0.3 is 5.97 Å². The van der Waals surface area contributed by atoms with Gasteiger partial charge in [0.1, 0.15) is 23.2 Å². The fraction of sp³-hybridized carbons (Fsp3) is 0.457. The number of ether oxygens (including phenoxy) is 4. The lowest BCUT2D eigenvalue weighted by Crippen LogP contribution is -2.33. The third kappa shape index (κ3) is 5.62. The van der Waals surface area contributed by atoms with Crippen LogP contribution < -0.4 is 9.47 Å². The smallest absolute Gasteiger partial charge is 0.309 e. The molecule has 3 atom stereocenters. The van der Waals surface area contributed by atoms with E-state index in [1.54, 1.807) is 7.11 Å². The first-order chi connectivity index (χ1) is 19.2. The lowest BCUT2D eigenvalue weighted by atomic mass is 9.88. The van der Waals surface area contributed by atoms with Crippen LogP contribution in [0.1, 0.15) is 79.0 Å². The first-order valence-corrected chi connectivity index (χ1v) is 14.4. The van der Waals surface area contributed by atoms with E-state index in [-0.39, 0.29) is 23.9 Å². The number of hydrogen-bond acceptors (Lipinski definition) is 5. The fourth-order valence-electron chi connectivity index (χ4n) is 6.50. The molecule has 2 aliphatic carbocycles. The third-order valence-electron chi connectivity index (χ3n) is 8.35. The molecule has 0 saturated heterocycles. The molecule has 3 aromatic carbocycles. The van der Waals surface area contributed by atoms with Crippen LogP contribution in [0.5, 0.6) is 11.5 Å². The molecule has 5 rings (SSSR count). The Balaban J connectivity index is 1.40. The SMILES string of the molecule is CCc1ccc(-c2c(C)cc(OC(C)(C)COC)cc2C)c2c1C(Oc1ccc(C3CC3C(=O)OC)cc1)CC2. The first-order valence-electron chi connectivity index (χ1n) is 14.4. The minimum absolute atomic E-state index is 0.00611. The quantitative estimate of drug-likeness (QED) is 0.246. The first kappa shape index (κ1) is 28.2. The van der Waals surface area contributed by atoms with Gasteiger partial charge in [0.05, 0.1) is 19.6 Å². The molecule has 1 saturated carbocycles. The summed E-state index contributed by atoms with van der Waals surface area (Å²) in [5.74, 6) is 1.89. The summed E-state index contributed by atoms with van der Waals surface area (Å²) in [6.07, 6.45) is 3.80. The van der Waals surface area contributed by atoms with Crippen molar-refractivity contribution in [2.45, 2.75) is 77.9 Å². The summed E-state index contributed by atoms with van der Waals surface area (Å²) in [5, 5.41) is 0. The number of rotatable bonds is 10. The number of benzene rings is 3. The van der Waals surface area contributed by atoms with Crippen LogP contribution in [0.4, 0.5) is 0 Å². The van der Waals surface area contributed by atoms with Gasteiger partial charge in [-0.2, -0.15) is 0 Å². The highest BCUT2D eigenvalue weighted by atomic mass is 16.5. The Morgan fingerprint density at radius 2 is 1.68 bits per heavy atom. The molecular weight excluding hydrogens is 500 g/mol. The second kappa shape index (κ2) is 11.3. The number of carbonyl (C=O) groups is 1. The van der Waals surface area contributed by atoms with Crippen molar-refractivity contribution in [1.82, 2.24) is 0 Å². The van der Waals surface area contributed by atoms with Crippen LogP contribution >= 0.6 is 0 Å². The molecule has 0 radical (unpaired) electrons. The standard InChI is InChI=1S/C35H42O5/c1-8-23-11-14-27(32-21(2)17-26(18-22(32)3)40-35(4,5)20-37-6)28-15-16-31(33(23)28)39-25-12-9-24(10-13-25)29-19-30(29)34(36)38-7/h9-14,17-18,29-31H,8,15-16,19-20H2,1-7H3. The lowest BCUT2D eigenvalue weighted by molar-refractivity contribution is -0.142. The zero-order chi connectivity index (χ0) is 28.6. The van der Waals surface area contributed by atoms with Crippen molar-refractivity contribution in [2.24, 2.45) is 5.92 Å². The maximum absolute atomic E-state index is 11.8. The fourth-order valence-corrected chi connectivity index (χ4v) is 6.50. The number of aryl methyl sites for hydroxylation is 3. The van der Waals surface area contributed by atoms with E-state index in [1.165, 1.54) is 51.6 Å². The van der Waals surface area contributed by atoms with E-state index in [4.69, 9.17) is 18.9 Å². The lowest BCUT2D eigenvalue weighted by Gasteiger charge is -2.27. The minimum atomic E-state index is -0.399. The molecule has 212 valence electrons. The van der Waals surface area contributed by atoms with E-state index in [2.05, 4.69) is 57.2 Å². The van der Waals surface area contributed by atoms with Crippen LogP contribution in [0.25, 0.3) is 11.1 Å².